The average Bonchev–Trinajstić information content (AvgIpc) is 3.25. The zero-order chi connectivity index (χ0) is 13.9. The Balaban J connectivity index is 0.000000124. The topological polar surface area (TPSA) is 51.6 Å². The summed E-state index contributed by atoms with van der Waals surface area (Å²) in [4.78, 5) is 7.92. The quantitative estimate of drug-likeness (QED) is 0.494. The van der Waals surface area contributed by atoms with Crippen molar-refractivity contribution in [2.75, 3.05) is 0 Å². The fraction of sp³-hybridized carbons (Fsp3) is 0. The average molecular weight is 300 g/mol. The lowest BCUT2D eigenvalue weighted by Crippen LogP contribution is -1.73. The Labute approximate surface area is 125 Å². The van der Waals surface area contributed by atoms with Crippen LogP contribution < -0.4 is 0 Å². The molecule has 1 aromatic carbocycles. The van der Waals surface area contributed by atoms with E-state index in [9.17, 15) is 0 Å². The third-order valence-corrected chi connectivity index (χ3v) is 3.10. The molecule has 0 spiro atoms. The molecule has 0 atom stereocenters. The second-order valence-electron chi connectivity index (χ2n) is 3.46. The molecule has 0 aliphatic carbocycles. The number of pyridine rings is 1. The Bertz CT molecular complexity index is 555. The van der Waals surface area contributed by atoms with Crippen molar-refractivity contribution in [1.82, 2.24) is 19.6 Å². The van der Waals surface area contributed by atoms with Crippen molar-refractivity contribution in [1.29, 1.82) is 0 Å². The van der Waals surface area contributed by atoms with E-state index < -0.39 is 0 Å². The first kappa shape index (κ1) is 14.2. The van der Waals surface area contributed by atoms with Crippen molar-refractivity contribution in [2.24, 2.45) is 0 Å². The van der Waals surface area contributed by atoms with E-state index in [0.717, 1.165) is 5.52 Å². The van der Waals surface area contributed by atoms with E-state index in [0.29, 0.717) is 0 Å². The molecule has 0 aliphatic heterocycles. The number of hydrogen-bond acceptors (Lipinski definition) is 6. The van der Waals surface area contributed by atoms with E-state index in [2.05, 4.69) is 31.7 Å². The Morgan fingerprint density at radius 1 is 0.850 bits per heavy atom. The summed E-state index contributed by atoms with van der Waals surface area (Å²) in [5, 5.41) is 8.44. The predicted octanol–water partition coefficient (Wildman–Crippen LogP) is 3.92. The Morgan fingerprint density at radius 2 is 1.75 bits per heavy atom. The minimum Gasteiger partial charge on any atom is -0.256 e. The molecule has 100 valence electrons. The van der Waals surface area contributed by atoms with E-state index in [1.165, 1.54) is 16.9 Å². The molecule has 0 saturated carbocycles. The van der Waals surface area contributed by atoms with Crippen molar-refractivity contribution in [3.8, 4) is 0 Å². The molecule has 3 aromatic heterocycles. The molecular formula is C14H12N4S2. The second-order valence-corrected chi connectivity index (χ2v) is 4.86. The number of fused-ring (bicyclic) bond motifs is 1. The summed E-state index contributed by atoms with van der Waals surface area (Å²) in [6, 6.07) is 12.1. The Morgan fingerprint density at radius 3 is 2.30 bits per heavy atom. The van der Waals surface area contributed by atoms with Crippen LogP contribution in [0.3, 0.4) is 0 Å². The summed E-state index contributed by atoms with van der Waals surface area (Å²) >= 11 is 2.95. The summed E-state index contributed by atoms with van der Waals surface area (Å²) in [5.41, 5.74) is 2.85. The van der Waals surface area contributed by atoms with E-state index in [-0.39, 0.29) is 0 Å². The highest BCUT2D eigenvalue weighted by molar-refractivity contribution is 7.07. The molecule has 0 saturated heterocycles. The summed E-state index contributed by atoms with van der Waals surface area (Å²) in [5.74, 6) is 0. The SMILES string of the molecule is c1ccc2ncccc2c1.c1cscn1.c1csnn1. The fourth-order valence-corrected chi connectivity index (χ4v) is 1.95. The normalized spacial score (nSPS) is 9.00. The fourth-order valence-electron chi connectivity index (χ4n) is 1.33. The maximum Gasteiger partial charge on any atom is 0.0791 e. The van der Waals surface area contributed by atoms with Crippen molar-refractivity contribution in [3.05, 3.63) is 71.3 Å². The van der Waals surface area contributed by atoms with Gasteiger partial charge in [0, 0.05) is 28.5 Å². The largest absolute Gasteiger partial charge is 0.256 e. The lowest BCUT2D eigenvalue weighted by Gasteiger charge is -1.91. The molecule has 6 heteroatoms. The van der Waals surface area contributed by atoms with Gasteiger partial charge in [-0.05, 0) is 23.7 Å². The van der Waals surface area contributed by atoms with Gasteiger partial charge in [0.05, 0.1) is 17.2 Å². The number of rotatable bonds is 0. The zero-order valence-electron chi connectivity index (χ0n) is 10.5. The van der Waals surface area contributed by atoms with E-state index >= 15 is 0 Å². The monoisotopic (exact) mass is 300 g/mol. The maximum absolute atomic E-state index is 4.18. The number of thiazole rings is 1. The van der Waals surface area contributed by atoms with Gasteiger partial charge in [-0.2, -0.15) is 0 Å². The molecule has 0 radical (unpaired) electrons. The maximum atomic E-state index is 4.18. The predicted molar refractivity (Wildman–Crippen MR) is 83.8 cm³/mol. The van der Waals surface area contributed by atoms with Gasteiger partial charge in [-0.3, -0.25) is 9.97 Å². The van der Waals surface area contributed by atoms with Crippen LogP contribution in [0.2, 0.25) is 0 Å². The first-order valence-electron chi connectivity index (χ1n) is 5.80. The summed E-state index contributed by atoms with van der Waals surface area (Å²) in [6.45, 7) is 0. The van der Waals surface area contributed by atoms with Gasteiger partial charge in [-0.1, -0.05) is 28.8 Å². The minimum absolute atomic E-state index is 1.06. The molecule has 4 rings (SSSR count). The Kier molecular flexibility index (Phi) is 6.29. The van der Waals surface area contributed by atoms with Crippen LogP contribution in [0, 0.1) is 0 Å². The van der Waals surface area contributed by atoms with Crippen molar-refractivity contribution in [2.45, 2.75) is 0 Å². The summed E-state index contributed by atoms with van der Waals surface area (Å²) in [6.07, 6.45) is 5.23. The van der Waals surface area contributed by atoms with Crippen LogP contribution in [0.15, 0.2) is 71.3 Å². The van der Waals surface area contributed by atoms with Gasteiger partial charge in [-0.15, -0.1) is 16.4 Å². The van der Waals surface area contributed by atoms with Crippen molar-refractivity contribution in [3.63, 3.8) is 0 Å². The lowest BCUT2D eigenvalue weighted by atomic mass is 10.2. The van der Waals surface area contributed by atoms with Crippen LogP contribution in [0.5, 0.6) is 0 Å². The van der Waals surface area contributed by atoms with Gasteiger partial charge in [0.2, 0.25) is 0 Å². The first-order chi connectivity index (χ1) is 9.97. The highest BCUT2D eigenvalue weighted by Crippen LogP contribution is 2.07. The van der Waals surface area contributed by atoms with Gasteiger partial charge >= 0.3 is 0 Å². The van der Waals surface area contributed by atoms with Crippen molar-refractivity contribution < 1.29 is 0 Å². The van der Waals surface area contributed by atoms with Gasteiger partial charge in [0.25, 0.3) is 0 Å². The number of aromatic nitrogens is 4. The lowest BCUT2D eigenvalue weighted by molar-refractivity contribution is 1.16. The van der Waals surface area contributed by atoms with E-state index in [1.54, 1.807) is 29.2 Å². The zero-order valence-corrected chi connectivity index (χ0v) is 12.2. The smallest absolute Gasteiger partial charge is 0.0791 e. The second kappa shape index (κ2) is 8.84. The van der Waals surface area contributed by atoms with Crippen molar-refractivity contribution >= 4 is 33.8 Å². The minimum atomic E-state index is 1.06. The molecule has 0 aliphatic rings. The number of benzene rings is 1. The summed E-state index contributed by atoms with van der Waals surface area (Å²) < 4.78 is 3.51. The number of nitrogens with zero attached hydrogens (tertiary/aromatic N) is 4. The highest BCUT2D eigenvalue weighted by atomic mass is 32.1. The molecule has 0 bridgehead atoms. The van der Waals surface area contributed by atoms with Crippen LogP contribution >= 0.6 is 22.9 Å². The molecule has 20 heavy (non-hydrogen) atoms. The van der Waals surface area contributed by atoms with Crippen LogP contribution in [-0.4, -0.2) is 19.6 Å². The molecule has 0 unspecified atom stereocenters. The third-order valence-electron chi connectivity index (χ3n) is 2.14. The number of para-hydroxylation sites is 1. The molecule has 0 amide bonds. The molecule has 4 aromatic rings. The van der Waals surface area contributed by atoms with Gasteiger partial charge < -0.3 is 0 Å². The van der Waals surface area contributed by atoms with Gasteiger partial charge in [-0.25, -0.2) is 0 Å². The van der Waals surface area contributed by atoms with E-state index in [1.807, 2.05) is 41.2 Å². The Hall–Kier alpha value is -2.18. The first-order valence-corrected chi connectivity index (χ1v) is 7.57. The standard InChI is InChI=1S/C9H7N.C3H3NS.C2H2N2S/c1-2-6-9-8(4-1)5-3-7-10-9;1-2-5-3-4-1;1-2-5-4-3-1/h1-7H;1-3H;1-2H. The van der Waals surface area contributed by atoms with E-state index in [4.69, 9.17) is 0 Å². The van der Waals surface area contributed by atoms with Gasteiger partial charge in [0.15, 0.2) is 0 Å². The molecule has 0 N–H and O–H groups in total. The molecule has 0 fully saturated rings. The summed E-state index contributed by atoms with van der Waals surface area (Å²) in [7, 11) is 0. The van der Waals surface area contributed by atoms with Crippen LogP contribution in [0.25, 0.3) is 10.9 Å². The molecular weight excluding hydrogens is 288 g/mol. The van der Waals surface area contributed by atoms with Crippen LogP contribution in [-0.2, 0) is 0 Å². The van der Waals surface area contributed by atoms with Crippen LogP contribution in [0.1, 0.15) is 0 Å². The number of hydrogen-bond donors (Lipinski definition) is 0. The third kappa shape index (κ3) is 5.21. The molecule has 3 heterocycles. The van der Waals surface area contributed by atoms with Crippen LogP contribution in [0.4, 0.5) is 0 Å². The molecule has 4 nitrogen and oxygen atoms in total. The van der Waals surface area contributed by atoms with Gasteiger partial charge in [0.1, 0.15) is 0 Å². The highest BCUT2D eigenvalue weighted by Gasteiger charge is 1.86.